The maximum Gasteiger partial charge on any atom is 0.160 e. The molecule has 0 bridgehead atoms. The summed E-state index contributed by atoms with van der Waals surface area (Å²) in [6, 6.07) is 6.12. The Morgan fingerprint density at radius 2 is 2.18 bits per heavy atom. The molecule has 1 aromatic rings. The summed E-state index contributed by atoms with van der Waals surface area (Å²) in [5.74, 6) is 0.755. The van der Waals surface area contributed by atoms with Crippen molar-refractivity contribution in [2.75, 3.05) is 13.7 Å². The lowest BCUT2D eigenvalue weighted by Crippen LogP contribution is -2.27. The van der Waals surface area contributed by atoms with Gasteiger partial charge in [-0.2, -0.15) is 0 Å². The quantitative estimate of drug-likeness (QED) is 0.766. The number of hydrogen-bond donors (Lipinski definition) is 2. The normalized spacial score (nSPS) is 12.4. The highest BCUT2D eigenvalue weighted by Crippen LogP contribution is 2.26. The zero-order valence-electron chi connectivity index (χ0n) is 11.0. The van der Waals surface area contributed by atoms with Crippen LogP contribution in [0.3, 0.4) is 0 Å². The molecule has 1 rings (SSSR count). The molecule has 0 heterocycles. The van der Waals surface area contributed by atoms with E-state index in [1.165, 1.54) is 0 Å². The van der Waals surface area contributed by atoms with Crippen LogP contribution in [-0.2, 0) is 6.42 Å². The minimum Gasteiger partial charge on any atom is -0.504 e. The van der Waals surface area contributed by atoms with Crippen molar-refractivity contribution in [2.45, 2.75) is 39.2 Å². The first-order valence-electron chi connectivity index (χ1n) is 6.26. The van der Waals surface area contributed by atoms with Crippen LogP contribution in [0.15, 0.2) is 18.2 Å². The predicted octanol–water partition coefficient (Wildman–Crippen LogP) is 2.72. The number of aryl methyl sites for hydroxylation is 1. The number of phenols is 1. The van der Waals surface area contributed by atoms with Crippen LogP contribution in [0.4, 0.5) is 0 Å². The Bertz CT molecular complexity index is 339. The standard InChI is InChI=1S/C14H23NO2/c1-4-9-15-11(2)5-6-12-7-8-14(17-3)13(16)10-12/h7-8,10-11,15-16H,4-6,9H2,1-3H3. The number of phenolic OH excluding ortho intramolecular Hbond substituents is 1. The second-order valence-electron chi connectivity index (χ2n) is 4.40. The van der Waals surface area contributed by atoms with E-state index in [2.05, 4.69) is 19.2 Å². The van der Waals surface area contributed by atoms with E-state index in [-0.39, 0.29) is 5.75 Å². The first kappa shape index (κ1) is 13.8. The average Bonchev–Trinajstić information content (AvgIpc) is 2.34. The molecule has 1 atom stereocenters. The molecule has 96 valence electrons. The van der Waals surface area contributed by atoms with Crippen molar-refractivity contribution in [2.24, 2.45) is 0 Å². The Balaban J connectivity index is 2.44. The fourth-order valence-electron chi connectivity index (χ4n) is 1.77. The topological polar surface area (TPSA) is 41.5 Å². The molecule has 0 aliphatic rings. The van der Waals surface area contributed by atoms with E-state index in [0.717, 1.165) is 31.4 Å². The largest absolute Gasteiger partial charge is 0.504 e. The van der Waals surface area contributed by atoms with Gasteiger partial charge in [0.25, 0.3) is 0 Å². The number of hydrogen-bond acceptors (Lipinski definition) is 3. The molecule has 0 amide bonds. The van der Waals surface area contributed by atoms with Gasteiger partial charge in [0, 0.05) is 6.04 Å². The molecule has 0 radical (unpaired) electrons. The number of aromatic hydroxyl groups is 1. The molecule has 17 heavy (non-hydrogen) atoms. The van der Waals surface area contributed by atoms with Crippen LogP contribution in [0.2, 0.25) is 0 Å². The van der Waals surface area contributed by atoms with Gasteiger partial charge < -0.3 is 15.2 Å². The highest BCUT2D eigenvalue weighted by atomic mass is 16.5. The van der Waals surface area contributed by atoms with Crippen molar-refractivity contribution >= 4 is 0 Å². The molecule has 0 aliphatic heterocycles. The summed E-state index contributed by atoms with van der Waals surface area (Å²) in [6.45, 7) is 5.43. The number of benzene rings is 1. The summed E-state index contributed by atoms with van der Waals surface area (Å²) in [7, 11) is 1.56. The number of rotatable bonds is 7. The van der Waals surface area contributed by atoms with Gasteiger partial charge in [0.2, 0.25) is 0 Å². The molecule has 2 N–H and O–H groups in total. The van der Waals surface area contributed by atoms with E-state index in [9.17, 15) is 5.11 Å². The molecule has 0 fully saturated rings. The summed E-state index contributed by atoms with van der Waals surface area (Å²) in [5.41, 5.74) is 1.15. The zero-order chi connectivity index (χ0) is 12.7. The molecule has 0 aromatic heterocycles. The monoisotopic (exact) mass is 237 g/mol. The zero-order valence-corrected chi connectivity index (χ0v) is 11.0. The lowest BCUT2D eigenvalue weighted by molar-refractivity contribution is 0.373. The Hall–Kier alpha value is -1.22. The van der Waals surface area contributed by atoms with Gasteiger partial charge in [-0.25, -0.2) is 0 Å². The number of methoxy groups -OCH3 is 1. The Kier molecular flexibility index (Phi) is 5.84. The number of nitrogens with one attached hydrogen (secondary N) is 1. The summed E-state index contributed by atoms with van der Waals surface area (Å²) in [6.07, 6.45) is 3.20. The predicted molar refractivity (Wildman–Crippen MR) is 70.7 cm³/mol. The molecule has 0 spiro atoms. The van der Waals surface area contributed by atoms with Crippen LogP contribution < -0.4 is 10.1 Å². The molecule has 0 saturated heterocycles. The Morgan fingerprint density at radius 1 is 1.41 bits per heavy atom. The van der Waals surface area contributed by atoms with Crippen LogP contribution in [0, 0.1) is 0 Å². The smallest absolute Gasteiger partial charge is 0.160 e. The summed E-state index contributed by atoms with van der Waals surface area (Å²) >= 11 is 0. The minimum absolute atomic E-state index is 0.221. The van der Waals surface area contributed by atoms with Crippen LogP contribution in [-0.4, -0.2) is 24.8 Å². The van der Waals surface area contributed by atoms with E-state index in [1.54, 1.807) is 13.2 Å². The second kappa shape index (κ2) is 7.17. The maximum absolute atomic E-state index is 9.66. The Morgan fingerprint density at radius 3 is 2.76 bits per heavy atom. The SMILES string of the molecule is CCCNC(C)CCc1ccc(OC)c(O)c1. The van der Waals surface area contributed by atoms with E-state index in [1.807, 2.05) is 12.1 Å². The first-order valence-corrected chi connectivity index (χ1v) is 6.26. The van der Waals surface area contributed by atoms with Crippen LogP contribution in [0.5, 0.6) is 11.5 Å². The van der Waals surface area contributed by atoms with Gasteiger partial charge in [0.1, 0.15) is 0 Å². The van der Waals surface area contributed by atoms with Crippen molar-refractivity contribution < 1.29 is 9.84 Å². The van der Waals surface area contributed by atoms with Crippen molar-refractivity contribution in [3.8, 4) is 11.5 Å². The van der Waals surface area contributed by atoms with Gasteiger partial charge in [0.05, 0.1) is 7.11 Å². The molecule has 1 unspecified atom stereocenters. The van der Waals surface area contributed by atoms with Crippen LogP contribution >= 0.6 is 0 Å². The van der Waals surface area contributed by atoms with Gasteiger partial charge in [-0.1, -0.05) is 13.0 Å². The molecule has 1 aromatic carbocycles. The third-order valence-electron chi connectivity index (χ3n) is 2.85. The minimum atomic E-state index is 0.221. The molecule has 0 saturated carbocycles. The third-order valence-corrected chi connectivity index (χ3v) is 2.85. The highest BCUT2D eigenvalue weighted by Gasteiger charge is 2.05. The van der Waals surface area contributed by atoms with Gasteiger partial charge in [-0.05, 0) is 50.4 Å². The van der Waals surface area contributed by atoms with Gasteiger partial charge >= 0.3 is 0 Å². The van der Waals surface area contributed by atoms with Crippen molar-refractivity contribution in [3.05, 3.63) is 23.8 Å². The fourth-order valence-corrected chi connectivity index (χ4v) is 1.77. The summed E-state index contributed by atoms with van der Waals surface area (Å²) in [4.78, 5) is 0. The van der Waals surface area contributed by atoms with E-state index in [4.69, 9.17) is 4.74 Å². The van der Waals surface area contributed by atoms with Gasteiger partial charge in [0.15, 0.2) is 11.5 Å². The number of ether oxygens (including phenoxy) is 1. The van der Waals surface area contributed by atoms with E-state index < -0.39 is 0 Å². The summed E-state index contributed by atoms with van der Waals surface area (Å²) < 4.78 is 5.02. The molecular formula is C14H23NO2. The fraction of sp³-hybridized carbons (Fsp3) is 0.571. The third kappa shape index (κ3) is 4.65. The molecule has 0 aliphatic carbocycles. The maximum atomic E-state index is 9.66. The first-order chi connectivity index (χ1) is 8.17. The van der Waals surface area contributed by atoms with Crippen LogP contribution in [0.1, 0.15) is 32.3 Å². The molecular weight excluding hydrogens is 214 g/mol. The lowest BCUT2D eigenvalue weighted by atomic mass is 10.1. The summed E-state index contributed by atoms with van der Waals surface area (Å²) in [5, 5.41) is 13.1. The van der Waals surface area contributed by atoms with Crippen molar-refractivity contribution in [1.82, 2.24) is 5.32 Å². The lowest BCUT2D eigenvalue weighted by Gasteiger charge is -2.13. The van der Waals surface area contributed by atoms with E-state index >= 15 is 0 Å². The van der Waals surface area contributed by atoms with E-state index in [0.29, 0.717) is 11.8 Å². The highest BCUT2D eigenvalue weighted by molar-refractivity contribution is 5.41. The van der Waals surface area contributed by atoms with Gasteiger partial charge in [-0.15, -0.1) is 0 Å². The van der Waals surface area contributed by atoms with Crippen LogP contribution in [0.25, 0.3) is 0 Å². The van der Waals surface area contributed by atoms with Gasteiger partial charge in [-0.3, -0.25) is 0 Å². The molecule has 3 heteroatoms. The van der Waals surface area contributed by atoms with Crippen molar-refractivity contribution in [1.29, 1.82) is 0 Å². The van der Waals surface area contributed by atoms with Crippen molar-refractivity contribution in [3.63, 3.8) is 0 Å². The average molecular weight is 237 g/mol. The molecule has 3 nitrogen and oxygen atoms in total. The Labute approximate surface area is 104 Å². The second-order valence-corrected chi connectivity index (χ2v) is 4.40.